The fraction of sp³-hybridized carbons (Fsp3) is 0.381. The summed E-state index contributed by atoms with van der Waals surface area (Å²) in [5.74, 6) is 0.448. The number of ether oxygens (including phenoxy) is 1. The van der Waals surface area contributed by atoms with Crippen LogP contribution in [-0.4, -0.2) is 45.0 Å². The predicted molar refractivity (Wildman–Crippen MR) is 115 cm³/mol. The molecule has 2 rings (SSSR count). The van der Waals surface area contributed by atoms with Crippen molar-refractivity contribution in [3.63, 3.8) is 0 Å². The van der Waals surface area contributed by atoms with Crippen molar-refractivity contribution in [2.45, 2.75) is 38.1 Å². The van der Waals surface area contributed by atoms with E-state index in [1.54, 1.807) is 27.8 Å². The third-order valence-electron chi connectivity index (χ3n) is 4.03. The summed E-state index contributed by atoms with van der Waals surface area (Å²) in [6.07, 6.45) is 0. The summed E-state index contributed by atoms with van der Waals surface area (Å²) >= 11 is 6.10. The van der Waals surface area contributed by atoms with Crippen molar-refractivity contribution >= 4 is 27.5 Å². The molecule has 0 aromatic heterocycles. The summed E-state index contributed by atoms with van der Waals surface area (Å²) in [4.78, 5) is 14.1. The van der Waals surface area contributed by atoms with Crippen LogP contribution in [0.25, 0.3) is 0 Å². The van der Waals surface area contributed by atoms with Crippen LogP contribution in [0.15, 0.2) is 47.4 Å². The van der Waals surface area contributed by atoms with Crippen molar-refractivity contribution in [3.05, 3.63) is 58.6 Å². The predicted octanol–water partition coefficient (Wildman–Crippen LogP) is 3.88. The smallest absolute Gasteiger partial charge is 0.253 e. The number of carbonyl (C=O) groups is 1. The molecule has 0 heterocycles. The summed E-state index contributed by atoms with van der Waals surface area (Å²) in [6, 6.07) is 11.9. The van der Waals surface area contributed by atoms with Gasteiger partial charge in [0.05, 0.1) is 11.6 Å². The molecule has 158 valence electrons. The molecule has 0 atom stereocenters. The first-order valence-electron chi connectivity index (χ1n) is 9.18. The van der Waals surface area contributed by atoms with E-state index in [1.807, 2.05) is 31.2 Å². The Morgan fingerprint density at radius 1 is 1.17 bits per heavy atom. The topological polar surface area (TPSA) is 75.7 Å². The lowest BCUT2D eigenvalue weighted by Crippen LogP contribution is -2.40. The number of hydrogen-bond donors (Lipinski definition) is 1. The second kappa shape index (κ2) is 9.15. The van der Waals surface area contributed by atoms with Crippen molar-refractivity contribution < 1.29 is 17.9 Å². The molecule has 2 aromatic carbocycles. The Morgan fingerprint density at radius 2 is 1.83 bits per heavy atom. The molecule has 0 spiro atoms. The van der Waals surface area contributed by atoms with E-state index in [2.05, 4.69) is 4.72 Å². The van der Waals surface area contributed by atoms with Crippen LogP contribution >= 0.6 is 11.6 Å². The Hall–Kier alpha value is -2.09. The number of aryl methyl sites for hydroxylation is 1. The fourth-order valence-corrected chi connectivity index (χ4v) is 4.58. The van der Waals surface area contributed by atoms with E-state index < -0.39 is 15.6 Å². The van der Waals surface area contributed by atoms with E-state index in [0.717, 1.165) is 11.3 Å². The number of para-hydroxylation sites is 1. The molecule has 0 aliphatic carbocycles. The number of rotatable bonds is 7. The second-order valence-corrected chi connectivity index (χ2v) is 9.90. The van der Waals surface area contributed by atoms with Gasteiger partial charge in [-0.3, -0.25) is 4.79 Å². The zero-order chi connectivity index (χ0) is 21.8. The molecular formula is C21H27ClN2O4S. The molecule has 8 heteroatoms. The molecule has 0 fully saturated rings. The minimum Gasteiger partial charge on any atom is -0.491 e. The van der Waals surface area contributed by atoms with Gasteiger partial charge >= 0.3 is 0 Å². The third kappa shape index (κ3) is 6.45. The SMILES string of the molecule is Cc1ccccc1OCCN(C)C(=O)c1ccc(Cl)c(S(=O)(=O)NC(C)(C)C)c1. The van der Waals surface area contributed by atoms with Crippen LogP contribution in [0.2, 0.25) is 5.02 Å². The molecule has 0 saturated carbocycles. The zero-order valence-corrected chi connectivity index (χ0v) is 18.9. The molecule has 1 amide bonds. The summed E-state index contributed by atoms with van der Waals surface area (Å²) in [7, 11) is -2.23. The Bertz CT molecular complexity index is 984. The van der Waals surface area contributed by atoms with Gasteiger partial charge in [-0.25, -0.2) is 13.1 Å². The van der Waals surface area contributed by atoms with Crippen molar-refractivity contribution in [2.24, 2.45) is 0 Å². The number of sulfonamides is 1. The molecule has 0 aliphatic rings. The lowest BCUT2D eigenvalue weighted by atomic mass is 10.1. The van der Waals surface area contributed by atoms with Crippen molar-refractivity contribution in [3.8, 4) is 5.75 Å². The molecule has 0 unspecified atom stereocenters. The van der Waals surface area contributed by atoms with Gasteiger partial charge in [-0.2, -0.15) is 0 Å². The third-order valence-corrected chi connectivity index (χ3v) is 6.27. The number of nitrogens with zero attached hydrogens (tertiary/aromatic N) is 1. The lowest BCUT2D eigenvalue weighted by Gasteiger charge is -2.22. The highest BCUT2D eigenvalue weighted by Gasteiger charge is 2.25. The van der Waals surface area contributed by atoms with Gasteiger partial charge in [0.15, 0.2) is 0 Å². The van der Waals surface area contributed by atoms with Crippen molar-refractivity contribution in [1.29, 1.82) is 0 Å². The first-order valence-corrected chi connectivity index (χ1v) is 11.0. The van der Waals surface area contributed by atoms with Gasteiger partial charge < -0.3 is 9.64 Å². The molecule has 6 nitrogen and oxygen atoms in total. The summed E-state index contributed by atoms with van der Waals surface area (Å²) in [6.45, 7) is 7.81. The van der Waals surface area contributed by atoms with Gasteiger partial charge in [0, 0.05) is 18.2 Å². The van der Waals surface area contributed by atoms with Crippen molar-refractivity contribution in [2.75, 3.05) is 20.2 Å². The van der Waals surface area contributed by atoms with Gasteiger partial charge in [-0.1, -0.05) is 29.8 Å². The van der Waals surface area contributed by atoms with E-state index in [0.29, 0.717) is 13.2 Å². The first-order chi connectivity index (χ1) is 13.4. The summed E-state index contributed by atoms with van der Waals surface area (Å²) in [5.41, 5.74) is 0.578. The Kier molecular flexibility index (Phi) is 7.32. The van der Waals surface area contributed by atoms with E-state index in [-0.39, 0.29) is 21.4 Å². The van der Waals surface area contributed by atoms with E-state index in [9.17, 15) is 13.2 Å². The van der Waals surface area contributed by atoms with Crippen LogP contribution in [0.4, 0.5) is 0 Å². The average Bonchev–Trinajstić information content (AvgIpc) is 2.61. The van der Waals surface area contributed by atoms with Gasteiger partial charge in [0.2, 0.25) is 10.0 Å². The minimum atomic E-state index is -3.87. The molecular weight excluding hydrogens is 412 g/mol. The quantitative estimate of drug-likeness (QED) is 0.711. The van der Waals surface area contributed by atoms with Gasteiger partial charge in [0.25, 0.3) is 5.91 Å². The highest BCUT2D eigenvalue weighted by atomic mass is 35.5. The normalized spacial score (nSPS) is 11.9. The van der Waals surface area contributed by atoms with Crippen LogP contribution in [-0.2, 0) is 10.0 Å². The van der Waals surface area contributed by atoms with Gasteiger partial charge in [-0.15, -0.1) is 0 Å². The minimum absolute atomic E-state index is 0.0591. The van der Waals surface area contributed by atoms with Gasteiger partial charge in [-0.05, 0) is 57.5 Å². The van der Waals surface area contributed by atoms with Crippen LogP contribution in [0.1, 0.15) is 36.7 Å². The number of carbonyl (C=O) groups excluding carboxylic acids is 1. The lowest BCUT2D eigenvalue weighted by molar-refractivity contribution is 0.0773. The van der Waals surface area contributed by atoms with Crippen LogP contribution in [0.5, 0.6) is 5.75 Å². The second-order valence-electron chi connectivity index (χ2n) is 7.84. The van der Waals surface area contributed by atoms with Crippen LogP contribution in [0, 0.1) is 6.92 Å². The monoisotopic (exact) mass is 438 g/mol. The number of benzene rings is 2. The van der Waals surface area contributed by atoms with E-state index >= 15 is 0 Å². The highest BCUT2D eigenvalue weighted by Crippen LogP contribution is 2.24. The Labute approximate surface area is 177 Å². The largest absolute Gasteiger partial charge is 0.491 e. The Balaban J connectivity index is 2.11. The number of likely N-dealkylation sites (N-methyl/N-ethyl adjacent to an activating group) is 1. The van der Waals surface area contributed by atoms with Gasteiger partial charge in [0.1, 0.15) is 17.3 Å². The van der Waals surface area contributed by atoms with E-state index in [1.165, 1.54) is 23.1 Å². The molecule has 29 heavy (non-hydrogen) atoms. The zero-order valence-electron chi connectivity index (χ0n) is 17.3. The number of hydrogen-bond acceptors (Lipinski definition) is 4. The maximum absolute atomic E-state index is 12.7. The fourth-order valence-electron chi connectivity index (χ4n) is 2.63. The molecule has 0 bridgehead atoms. The molecule has 0 radical (unpaired) electrons. The summed E-state index contributed by atoms with van der Waals surface area (Å²) < 4.78 is 33.5. The number of halogens is 1. The summed E-state index contributed by atoms with van der Waals surface area (Å²) in [5, 5.41) is 0.0591. The average molecular weight is 439 g/mol. The van der Waals surface area contributed by atoms with Crippen LogP contribution in [0.3, 0.4) is 0 Å². The van der Waals surface area contributed by atoms with Crippen molar-refractivity contribution in [1.82, 2.24) is 9.62 Å². The number of amides is 1. The Morgan fingerprint density at radius 3 is 2.45 bits per heavy atom. The maximum Gasteiger partial charge on any atom is 0.253 e. The maximum atomic E-state index is 12.7. The first kappa shape index (κ1) is 23.2. The molecule has 2 aromatic rings. The highest BCUT2D eigenvalue weighted by molar-refractivity contribution is 7.89. The number of nitrogens with one attached hydrogen (secondary N) is 1. The molecule has 1 N–H and O–H groups in total. The van der Waals surface area contributed by atoms with E-state index in [4.69, 9.17) is 16.3 Å². The van der Waals surface area contributed by atoms with Crippen LogP contribution < -0.4 is 9.46 Å². The standard InChI is InChI=1S/C21H27ClN2O4S/c1-15-8-6-7-9-18(15)28-13-12-24(5)20(25)16-10-11-17(22)19(14-16)29(26,27)23-21(2,3)4/h6-11,14,23H,12-13H2,1-5H3. The molecule has 0 saturated heterocycles. The molecule has 0 aliphatic heterocycles.